The Morgan fingerprint density at radius 3 is 2.42 bits per heavy atom. The fraction of sp³-hybridized carbons (Fsp3) is 0.250. The molecular weight excluding hydrogens is 346 g/mol. The molecule has 0 spiro atoms. The van der Waals surface area contributed by atoms with E-state index < -0.39 is 0 Å². The van der Waals surface area contributed by atoms with Gasteiger partial charge in [-0.05, 0) is 24.6 Å². The Kier molecular flexibility index (Phi) is 3.84. The number of imidazole rings is 1. The third-order valence-corrected chi connectivity index (χ3v) is 4.70. The molecule has 3 aromatic heterocycles. The van der Waals surface area contributed by atoms with Crippen molar-refractivity contribution in [3.63, 3.8) is 0 Å². The van der Waals surface area contributed by atoms with Crippen molar-refractivity contribution in [2.45, 2.75) is 33.1 Å². The number of rotatable bonds is 2. The normalized spacial score (nSPS) is 12.0. The van der Waals surface area contributed by atoms with E-state index in [0.29, 0.717) is 5.02 Å². The summed E-state index contributed by atoms with van der Waals surface area (Å²) in [5, 5.41) is 5.32. The van der Waals surface area contributed by atoms with E-state index >= 15 is 0 Å². The summed E-state index contributed by atoms with van der Waals surface area (Å²) in [5.41, 5.74) is 3.75. The summed E-state index contributed by atoms with van der Waals surface area (Å²) in [5.74, 6) is 1.83. The maximum absolute atomic E-state index is 6.04. The van der Waals surface area contributed by atoms with Gasteiger partial charge in [0.1, 0.15) is 11.6 Å². The molecule has 0 aliphatic heterocycles. The van der Waals surface area contributed by atoms with Gasteiger partial charge in [-0.25, -0.2) is 9.97 Å². The van der Waals surface area contributed by atoms with E-state index in [9.17, 15) is 0 Å². The third kappa shape index (κ3) is 2.78. The van der Waals surface area contributed by atoms with Crippen molar-refractivity contribution in [1.29, 1.82) is 0 Å². The highest BCUT2D eigenvalue weighted by atomic mass is 35.5. The van der Waals surface area contributed by atoms with E-state index in [1.807, 2.05) is 52.7 Å². The quantitative estimate of drug-likeness (QED) is 0.510. The van der Waals surface area contributed by atoms with Crippen LogP contribution in [0.5, 0.6) is 0 Å². The average Bonchev–Trinajstić information content (AvgIpc) is 3.20. The fourth-order valence-corrected chi connectivity index (χ4v) is 3.08. The minimum absolute atomic E-state index is 0.0908. The monoisotopic (exact) mass is 365 g/mol. The van der Waals surface area contributed by atoms with E-state index in [-0.39, 0.29) is 5.41 Å². The first-order valence-corrected chi connectivity index (χ1v) is 8.88. The van der Waals surface area contributed by atoms with Crippen LogP contribution in [0.4, 0.5) is 0 Å². The molecule has 4 aromatic rings. The molecule has 0 fully saturated rings. The number of hydrogen-bond acceptors (Lipinski definition) is 3. The smallest absolute Gasteiger partial charge is 0.165 e. The Labute approximate surface area is 157 Å². The Morgan fingerprint density at radius 2 is 1.81 bits per heavy atom. The van der Waals surface area contributed by atoms with Crippen LogP contribution in [-0.2, 0) is 5.41 Å². The molecule has 0 saturated carbocycles. The van der Waals surface area contributed by atoms with Gasteiger partial charge in [-0.15, -0.1) is 0 Å². The molecule has 4 rings (SSSR count). The molecule has 0 radical (unpaired) electrons. The molecule has 1 aromatic carbocycles. The summed E-state index contributed by atoms with van der Waals surface area (Å²) < 4.78 is 3.90. The predicted octanol–water partition coefficient (Wildman–Crippen LogP) is 4.84. The van der Waals surface area contributed by atoms with Gasteiger partial charge < -0.3 is 0 Å². The molecule has 26 heavy (non-hydrogen) atoms. The van der Waals surface area contributed by atoms with Crippen molar-refractivity contribution in [2.75, 3.05) is 0 Å². The minimum Gasteiger partial charge on any atom is -0.288 e. The van der Waals surface area contributed by atoms with Gasteiger partial charge in [0, 0.05) is 34.5 Å². The lowest BCUT2D eigenvalue weighted by molar-refractivity contribution is 0.566. The largest absolute Gasteiger partial charge is 0.288 e. The van der Waals surface area contributed by atoms with Crippen molar-refractivity contribution in [2.24, 2.45) is 0 Å². The third-order valence-electron chi connectivity index (χ3n) is 4.45. The molecule has 0 N–H and O–H groups in total. The van der Waals surface area contributed by atoms with Crippen molar-refractivity contribution in [3.8, 4) is 16.9 Å². The summed E-state index contributed by atoms with van der Waals surface area (Å²) in [6.45, 7) is 8.46. The summed E-state index contributed by atoms with van der Waals surface area (Å²) in [6, 6.07) is 9.84. The van der Waals surface area contributed by atoms with E-state index in [2.05, 4.69) is 36.9 Å². The topological polar surface area (TPSA) is 48.0 Å². The maximum atomic E-state index is 6.04. The number of aryl methyl sites for hydroxylation is 1. The van der Waals surface area contributed by atoms with E-state index in [0.717, 1.165) is 34.1 Å². The van der Waals surface area contributed by atoms with Gasteiger partial charge in [0.05, 0.1) is 11.9 Å². The minimum atomic E-state index is -0.0908. The van der Waals surface area contributed by atoms with Gasteiger partial charge in [-0.3, -0.25) is 4.57 Å². The number of benzene rings is 1. The van der Waals surface area contributed by atoms with Crippen LogP contribution >= 0.6 is 11.6 Å². The van der Waals surface area contributed by atoms with Crippen LogP contribution in [-0.4, -0.2) is 24.1 Å². The highest BCUT2D eigenvalue weighted by Gasteiger charge is 2.21. The summed E-state index contributed by atoms with van der Waals surface area (Å²) in [4.78, 5) is 9.29. The van der Waals surface area contributed by atoms with Gasteiger partial charge in [0.15, 0.2) is 5.65 Å². The van der Waals surface area contributed by atoms with Crippen molar-refractivity contribution >= 4 is 17.2 Å². The van der Waals surface area contributed by atoms with Crippen LogP contribution in [0.1, 0.15) is 32.3 Å². The summed E-state index contributed by atoms with van der Waals surface area (Å²) in [7, 11) is 0. The second kappa shape index (κ2) is 5.95. The lowest BCUT2D eigenvalue weighted by Gasteiger charge is -2.20. The number of hydrogen-bond donors (Lipinski definition) is 0. The molecule has 3 heterocycles. The highest BCUT2D eigenvalue weighted by Crippen LogP contribution is 2.30. The number of halogens is 1. The fourth-order valence-electron chi connectivity index (χ4n) is 2.96. The zero-order valence-electron chi connectivity index (χ0n) is 15.2. The molecule has 5 nitrogen and oxygen atoms in total. The Balaban J connectivity index is 2.03. The van der Waals surface area contributed by atoms with Gasteiger partial charge in [0.25, 0.3) is 0 Å². The lowest BCUT2D eigenvalue weighted by atomic mass is 9.92. The number of nitrogens with zero attached hydrogens (tertiary/aromatic N) is 5. The zero-order valence-corrected chi connectivity index (χ0v) is 16.0. The van der Waals surface area contributed by atoms with Gasteiger partial charge in [-0.2, -0.15) is 9.61 Å². The Bertz CT molecular complexity index is 1080. The standard InChI is InChI=1S/C20H20ClN5/c1-13-22-9-10-25(13)18-11-17(20(2,3)4)24-19-16(12-23-26(18)19)14-5-7-15(21)8-6-14/h5-12H,1-4H3. The molecule has 0 bridgehead atoms. The Hall–Kier alpha value is -2.66. The molecule has 132 valence electrons. The van der Waals surface area contributed by atoms with E-state index in [4.69, 9.17) is 16.6 Å². The second-order valence-electron chi connectivity index (χ2n) is 7.39. The molecular formula is C20H20ClN5. The number of fused-ring (bicyclic) bond motifs is 1. The molecule has 0 saturated heterocycles. The van der Waals surface area contributed by atoms with Crippen molar-refractivity contribution < 1.29 is 0 Å². The maximum Gasteiger partial charge on any atom is 0.165 e. The second-order valence-corrected chi connectivity index (χ2v) is 7.83. The predicted molar refractivity (Wildman–Crippen MR) is 104 cm³/mol. The van der Waals surface area contributed by atoms with E-state index in [1.54, 1.807) is 6.20 Å². The van der Waals surface area contributed by atoms with Gasteiger partial charge in [0.2, 0.25) is 0 Å². The highest BCUT2D eigenvalue weighted by molar-refractivity contribution is 6.30. The molecule has 0 aliphatic rings. The lowest BCUT2D eigenvalue weighted by Crippen LogP contribution is -2.17. The Morgan fingerprint density at radius 1 is 1.08 bits per heavy atom. The molecule has 6 heteroatoms. The summed E-state index contributed by atoms with van der Waals surface area (Å²) >= 11 is 6.04. The first-order chi connectivity index (χ1) is 12.3. The first kappa shape index (κ1) is 16.8. The summed E-state index contributed by atoms with van der Waals surface area (Å²) in [6.07, 6.45) is 5.59. The first-order valence-electron chi connectivity index (χ1n) is 8.50. The van der Waals surface area contributed by atoms with Crippen LogP contribution in [0.15, 0.2) is 48.9 Å². The van der Waals surface area contributed by atoms with Crippen molar-refractivity contribution in [1.82, 2.24) is 24.1 Å². The molecule has 0 aliphatic carbocycles. The van der Waals surface area contributed by atoms with Gasteiger partial charge in [-0.1, -0.05) is 44.5 Å². The SMILES string of the molecule is Cc1nccn1-c1cc(C(C)(C)C)nc2c(-c3ccc(Cl)cc3)cnn12. The molecule has 0 amide bonds. The van der Waals surface area contributed by atoms with Gasteiger partial charge >= 0.3 is 0 Å². The zero-order chi connectivity index (χ0) is 18.5. The van der Waals surface area contributed by atoms with Crippen molar-refractivity contribution in [3.05, 3.63) is 65.5 Å². The van der Waals surface area contributed by atoms with Crippen LogP contribution < -0.4 is 0 Å². The van der Waals surface area contributed by atoms with Crippen LogP contribution in [0.3, 0.4) is 0 Å². The molecule has 0 unspecified atom stereocenters. The van der Waals surface area contributed by atoms with Crippen LogP contribution in [0.2, 0.25) is 5.02 Å². The van der Waals surface area contributed by atoms with Crippen LogP contribution in [0.25, 0.3) is 22.6 Å². The van der Waals surface area contributed by atoms with E-state index in [1.165, 1.54) is 0 Å². The number of aromatic nitrogens is 5. The average molecular weight is 366 g/mol. The molecule has 0 atom stereocenters. The van der Waals surface area contributed by atoms with Crippen LogP contribution in [0, 0.1) is 6.92 Å².